The molecule has 0 radical (unpaired) electrons. The molecule has 4 aromatic rings. The Labute approximate surface area is 133 Å². The maximum Gasteiger partial charge on any atom is 0.299 e. The third-order valence-electron chi connectivity index (χ3n) is 3.51. The number of hydrogen-bond acceptors (Lipinski definition) is 4. The Morgan fingerprint density at radius 2 is 2.09 bits per heavy atom. The summed E-state index contributed by atoms with van der Waals surface area (Å²) in [7, 11) is 0. The van der Waals surface area contributed by atoms with Crippen molar-refractivity contribution in [3.05, 3.63) is 59.0 Å². The molecule has 22 heavy (non-hydrogen) atoms. The molecule has 0 aliphatic heterocycles. The van der Waals surface area contributed by atoms with E-state index < -0.39 is 0 Å². The van der Waals surface area contributed by atoms with Gasteiger partial charge >= 0.3 is 0 Å². The van der Waals surface area contributed by atoms with Crippen molar-refractivity contribution in [3.8, 4) is 0 Å². The first kappa shape index (κ1) is 13.1. The van der Waals surface area contributed by atoms with Gasteiger partial charge in [-0.3, -0.25) is 9.36 Å². The number of carbonyl (C=O) groups excluding carboxylic acids is 1. The summed E-state index contributed by atoms with van der Waals surface area (Å²) in [6.07, 6.45) is 1.48. The van der Waals surface area contributed by atoms with Crippen LogP contribution in [0, 0.1) is 0 Å². The topological polar surface area (TPSA) is 74.0 Å². The lowest BCUT2D eigenvalue weighted by molar-refractivity contribution is 0.0939. The Bertz CT molecular complexity index is 1030. The van der Waals surface area contributed by atoms with E-state index in [1.165, 1.54) is 10.9 Å². The maximum absolute atomic E-state index is 12.7. The third-order valence-corrected chi connectivity index (χ3v) is 4.20. The van der Waals surface area contributed by atoms with Crippen LogP contribution in [0.4, 0.5) is 5.69 Å². The highest BCUT2D eigenvalue weighted by atomic mass is 79.9. The van der Waals surface area contributed by atoms with Gasteiger partial charge < -0.3 is 10.2 Å². The van der Waals surface area contributed by atoms with E-state index in [9.17, 15) is 4.79 Å². The number of nitrogen functional groups attached to an aromatic ring is 1. The lowest BCUT2D eigenvalue weighted by atomic mass is 10.2. The molecule has 2 aromatic heterocycles. The van der Waals surface area contributed by atoms with E-state index in [0.717, 1.165) is 9.86 Å². The van der Waals surface area contributed by atoms with E-state index in [1.54, 1.807) is 24.3 Å². The summed E-state index contributed by atoms with van der Waals surface area (Å²) in [5.41, 5.74) is 8.36. The highest BCUT2D eigenvalue weighted by Crippen LogP contribution is 2.28. The molecule has 2 N–H and O–H groups in total. The number of aromatic nitrogens is 2. The van der Waals surface area contributed by atoms with Crippen molar-refractivity contribution >= 4 is 49.5 Å². The normalized spacial score (nSPS) is 11.3. The molecule has 0 saturated carbocycles. The molecule has 0 bridgehead atoms. The zero-order valence-corrected chi connectivity index (χ0v) is 12.9. The number of nitrogens with zero attached hydrogens (tertiary/aromatic N) is 2. The second-order valence-corrected chi connectivity index (χ2v) is 5.78. The number of nitrogens with two attached hydrogens (primary N) is 1. The largest absolute Gasteiger partial charge is 0.451 e. The van der Waals surface area contributed by atoms with Crippen LogP contribution in [0.2, 0.25) is 0 Å². The van der Waals surface area contributed by atoms with Crippen molar-refractivity contribution in [2.24, 2.45) is 0 Å². The lowest BCUT2D eigenvalue weighted by Crippen LogP contribution is -2.09. The van der Waals surface area contributed by atoms with Gasteiger partial charge in [0.15, 0.2) is 5.76 Å². The highest BCUT2D eigenvalue weighted by Gasteiger charge is 2.17. The van der Waals surface area contributed by atoms with Gasteiger partial charge in [-0.1, -0.05) is 22.0 Å². The van der Waals surface area contributed by atoms with Gasteiger partial charge in [-0.05, 0) is 36.4 Å². The standard InChI is InChI=1S/C16H10BrN3O2/c17-11-2-1-3-14-10(11)7-15(22-14)16(21)20-8-19-12-6-9(18)4-5-13(12)20/h1-8H,18H2. The number of halogens is 1. The SMILES string of the molecule is Nc1ccc2c(c1)ncn2C(=O)c1cc2c(Br)cccc2o1. The average molecular weight is 356 g/mol. The van der Waals surface area contributed by atoms with E-state index in [-0.39, 0.29) is 11.7 Å². The minimum Gasteiger partial charge on any atom is -0.451 e. The molecule has 0 unspecified atom stereocenters. The van der Waals surface area contributed by atoms with E-state index in [0.29, 0.717) is 22.3 Å². The zero-order valence-electron chi connectivity index (χ0n) is 11.3. The van der Waals surface area contributed by atoms with Gasteiger partial charge in [0.05, 0.1) is 11.0 Å². The van der Waals surface area contributed by atoms with Gasteiger partial charge in [-0.25, -0.2) is 4.98 Å². The molecule has 108 valence electrons. The smallest absolute Gasteiger partial charge is 0.299 e. The summed E-state index contributed by atoms with van der Waals surface area (Å²) in [5, 5.41) is 0.861. The van der Waals surface area contributed by atoms with E-state index in [2.05, 4.69) is 20.9 Å². The molecule has 0 amide bonds. The third kappa shape index (κ3) is 1.92. The summed E-state index contributed by atoms with van der Waals surface area (Å²) < 4.78 is 8.00. The summed E-state index contributed by atoms with van der Waals surface area (Å²) in [4.78, 5) is 16.9. The van der Waals surface area contributed by atoms with E-state index in [4.69, 9.17) is 10.2 Å². The predicted octanol–water partition coefficient (Wildman–Crippen LogP) is 3.82. The number of fused-ring (bicyclic) bond motifs is 2. The molecular formula is C16H10BrN3O2. The second-order valence-electron chi connectivity index (χ2n) is 4.93. The van der Waals surface area contributed by atoms with Crippen molar-refractivity contribution in [2.75, 3.05) is 5.73 Å². The van der Waals surface area contributed by atoms with Crippen LogP contribution < -0.4 is 5.73 Å². The molecule has 0 aliphatic carbocycles. The van der Waals surface area contributed by atoms with Gasteiger partial charge in [-0.15, -0.1) is 0 Å². The van der Waals surface area contributed by atoms with Gasteiger partial charge in [0.1, 0.15) is 11.9 Å². The van der Waals surface area contributed by atoms with Crippen molar-refractivity contribution in [3.63, 3.8) is 0 Å². The monoisotopic (exact) mass is 355 g/mol. The van der Waals surface area contributed by atoms with Crippen LogP contribution >= 0.6 is 15.9 Å². The van der Waals surface area contributed by atoms with Crippen molar-refractivity contribution in [2.45, 2.75) is 0 Å². The number of furan rings is 1. The molecule has 0 aliphatic rings. The van der Waals surface area contributed by atoms with E-state index in [1.807, 2.05) is 18.2 Å². The van der Waals surface area contributed by atoms with Crippen LogP contribution in [-0.2, 0) is 0 Å². The minimum absolute atomic E-state index is 0.262. The Morgan fingerprint density at radius 1 is 1.23 bits per heavy atom. The Morgan fingerprint density at radius 3 is 2.91 bits per heavy atom. The number of rotatable bonds is 1. The second kappa shape index (κ2) is 4.71. The first-order chi connectivity index (χ1) is 10.6. The van der Waals surface area contributed by atoms with Crippen LogP contribution in [0.1, 0.15) is 10.6 Å². The molecule has 0 spiro atoms. The lowest BCUT2D eigenvalue weighted by Gasteiger charge is -2.00. The summed E-state index contributed by atoms with van der Waals surface area (Å²) >= 11 is 3.45. The Kier molecular flexibility index (Phi) is 2.80. The predicted molar refractivity (Wildman–Crippen MR) is 87.8 cm³/mol. The summed E-state index contributed by atoms with van der Waals surface area (Å²) in [6.45, 7) is 0. The molecule has 5 nitrogen and oxygen atoms in total. The van der Waals surface area contributed by atoms with Crippen LogP contribution in [0.3, 0.4) is 0 Å². The first-order valence-electron chi connectivity index (χ1n) is 6.59. The zero-order chi connectivity index (χ0) is 15.3. The number of carbonyl (C=O) groups is 1. The van der Waals surface area contributed by atoms with Gasteiger partial charge in [0, 0.05) is 15.5 Å². The Hall–Kier alpha value is -2.60. The fraction of sp³-hybridized carbons (Fsp3) is 0. The van der Waals surface area contributed by atoms with E-state index >= 15 is 0 Å². The van der Waals surface area contributed by atoms with Gasteiger partial charge in [0.2, 0.25) is 0 Å². The molecule has 0 saturated heterocycles. The molecular weight excluding hydrogens is 346 g/mol. The molecule has 0 fully saturated rings. The first-order valence-corrected chi connectivity index (χ1v) is 7.38. The maximum atomic E-state index is 12.7. The Balaban J connectivity index is 1.86. The average Bonchev–Trinajstić information content (AvgIpc) is 3.10. The van der Waals surface area contributed by atoms with Gasteiger partial charge in [-0.2, -0.15) is 0 Å². The minimum atomic E-state index is -0.268. The fourth-order valence-corrected chi connectivity index (χ4v) is 2.90. The van der Waals surface area contributed by atoms with Crippen LogP contribution in [0.15, 0.2) is 57.7 Å². The van der Waals surface area contributed by atoms with Gasteiger partial charge in [0.25, 0.3) is 5.91 Å². The van der Waals surface area contributed by atoms with Crippen LogP contribution in [-0.4, -0.2) is 15.5 Å². The summed E-state index contributed by atoms with van der Waals surface area (Å²) in [5.74, 6) is -0.00611. The van der Waals surface area contributed by atoms with Crippen LogP contribution in [0.25, 0.3) is 22.0 Å². The number of hydrogen-bond donors (Lipinski definition) is 1. The molecule has 4 rings (SSSR count). The van der Waals surface area contributed by atoms with Crippen molar-refractivity contribution in [1.82, 2.24) is 9.55 Å². The quantitative estimate of drug-likeness (QED) is 0.526. The molecule has 2 heterocycles. The number of imidazole rings is 1. The van der Waals surface area contributed by atoms with Crippen LogP contribution in [0.5, 0.6) is 0 Å². The number of benzene rings is 2. The molecule has 0 atom stereocenters. The fourth-order valence-electron chi connectivity index (χ4n) is 2.44. The highest BCUT2D eigenvalue weighted by molar-refractivity contribution is 9.10. The number of anilines is 1. The molecule has 2 aromatic carbocycles. The van der Waals surface area contributed by atoms with Crippen molar-refractivity contribution in [1.29, 1.82) is 0 Å². The summed E-state index contributed by atoms with van der Waals surface area (Å²) in [6, 6.07) is 12.6. The molecule has 6 heteroatoms. The van der Waals surface area contributed by atoms with Crippen molar-refractivity contribution < 1.29 is 9.21 Å².